The van der Waals surface area contributed by atoms with E-state index in [1.165, 1.54) is 11.1 Å². The van der Waals surface area contributed by atoms with E-state index >= 15 is 0 Å². The number of hydrogen-bond acceptors (Lipinski definition) is 4. The summed E-state index contributed by atoms with van der Waals surface area (Å²) < 4.78 is 0. The van der Waals surface area contributed by atoms with Gasteiger partial charge >= 0.3 is 0 Å². The van der Waals surface area contributed by atoms with Crippen molar-refractivity contribution in [2.75, 3.05) is 5.32 Å². The highest BCUT2D eigenvalue weighted by Crippen LogP contribution is 2.15. The van der Waals surface area contributed by atoms with Crippen LogP contribution in [0, 0.1) is 0 Å². The van der Waals surface area contributed by atoms with E-state index in [-0.39, 0.29) is 4.99 Å². The van der Waals surface area contributed by atoms with Crippen molar-refractivity contribution in [2.24, 2.45) is 5.73 Å². The van der Waals surface area contributed by atoms with Crippen molar-refractivity contribution in [1.29, 1.82) is 0 Å². The number of rotatable bonds is 5. The Bertz CT molecular complexity index is 576. The SMILES string of the molecule is CC(C)c1ccc(CNc2cnc(C(N)=S)cn2)cc1. The van der Waals surface area contributed by atoms with E-state index in [0.29, 0.717) is 24.0 Å². The zero-order valence-electron chi connectivity index (χ0n) is 11.6. The molecular weight excluding hydrogens is 268 g/mol. The molecule has 0 unspecified atom stereocenters. The molecule has 20 heavy (non-hydrogen) atoms. The first kappa shape index (κ1) is 14.4. The van der Waals surface area contributed by atoms with Crippen molar-refractivity contribution < 1.29 is 0 Å². The summed E-state index contributed by atoms with van der Waals surface area (Å²) in [6, 6.07) is 8.56. The Morgan fingerprint density at radius 2 is 1.90 bits per heavy atom. The van der Waals surface area contributed by atoms with Crippen LogP contribution in [0.15, 0.2) is 36.7 Å². The van der Waals surface area contributed by atoms with Gasteiger partial charge in [-0.05, 0) is 17.0 Å². The Hall–Kier alpha value is -2.01. The smallest absolute Gasteiger partial charge is 0.144 e. The van der Waals surface area contributed by atoms with Gasteiger partial charge in [-0.2, -0.15) is 0 Å². The lowest BCUT2D eigenvalue weighted by molar-refractivity contribution is 0.865. The van der Waals surface area contributed by atoms with E-state index in [1.807, 2.05) is 0 Å². The van der Waals surface area contributed by atoms with Crippen molar-refractivity contribution >= 4 is 23.0 Å². The highest BCUT2D eigenvalue weighted by Gasteiger charge is 2.01. The Kier molecular flexibility index (Phi) is 4.63. The second kappa shape index (κ2) is 6.43. The second-order valence-electron chi connectivity index (χ2n) is 4.90. The molecule has 2 aromatic rings. The van der Waals surface area contributed by atoms with Crippen LogP contribution in [0.1, 0.15) is 36.6 Å². The van der Waals surface area contributed by atoms with Crippen LogP contribution < -0.4 is 11.1 Å². The van der Waals surface area contributed by atoms with Crippen molar-refractivity contribution in [3.8, 4) is 0 Å². The Morgan fingerprint density at radius 1 is 1.20 bits per heavy atom. The highest BCUT2D eigenvalue weighted by atomic mass is 32.1. The quantitative estimate of drug-likeness (QED) is 0.828. The van der Waals surface area contributed by atoms with E-state index in [4.69, 9.17) is 18.0 Å². The first-order valence-corrected chi connectivity index (χ1v) is 6.91. The molecule has 5 heteroatoms. The molecule has 0 aliphatic rings. The molecule has 0 amide bonds. The summed E-state index contributed by atoms with van der Waals surface area (Å²) >= 11 is 4.83. The van der Waals surface area contributed by atoms with Crippen molar-refractivity contribution in [3.63, 3.8) is 0 Å². The molecule has 1 heterocycles. The first-order valence-electron chi connectivity index (χ1n) is 6.51. The van der Waals surface area contributed by atoms with Gasteiger partial charge in [-0.1, -0.05) is 50.3 Å². The number of nitrogens with two attached hydrogens (primary N) is 1. The van der Waals surface area contributed by atoms with Crippen LogP contribution in [0.3, 0.4) is 0 Å². The summed E-state index contributed by atoms with van der Waals surface area (Å²) in [5.41, 5.74) is 8.56. The molecule has 0 spiro atoms. The maximum absolute atomic E-state index is 5.48. The fourth-order valence-electron chi connectivity index (χ4n) is 1.76. The molecule has 2 rings (SSSR count). The minimum Gasteiger partial charge on any atom is -0.388 e. The molecule has 4 nitrogen and oxygen atoms in total. The lowest BCUT2D eigenvalue weighted by Gasteiger charge is -2.08. The third-order valence-electron chi connectivity index (χ3n) is 3.02. The van der Waals surface area contributed by atoms with E-state index in [0.717, 1.165) is 0 Å². The van der Waals surface area contributed by atoms with E-state index in [1.54, 1.807) is 12.4 Å². The predicted molar refractivity (Wildman–Crippen MR) is 85.8 cm³/mol. The highest BCUT2D eigenvalue weighted by molar-refractivity contribution is 7.80. The number of hydrogen-bond donors (Lipinski definition) is 2. The van der Waals surface area contributed by atoms with Gasteiger partial charge in [0.2, 0.25) is 0 Å². The Morgan fingerprint density at radius 3 is 2.40 bits per heavy atom. The summed E-state index contributed by atoms with van der Waals surface area (Å²) in [5.74, 6) is 1.26. The second-order valence-corrected chi connectivity index (χ2v) is 5.34. The van der Waals surface area contributed by atoms with Crippen molar-refractivity contribution in [2.45, 2.75) is 26.3 Å². The molecule has 0 radical (unpaired) electrons. The van der Waals surface area contributed by atoms with E-state index in [2.05, 4.69) is 53.4 Å². The summed E-state index contributed by atoms with van der Waals surface area (Å²) in [5, 5.41) is 3.22. The number of thiocarbonyl (C=S) groups is 1. The van der Waals surface area contributed by atoms with Crippen LogP contribution in [0.4, 0.5) is 5.82 Å². The number of benzene rings is 1. The molecule has 3 N–H and O–H groups in total. The van der Waals surface area contributed by atoms with Gasteiger partial charge in [-0.25, -0.2) is 9.97 Å². The van der Waals surface area contributed by atoms with Crippen LogP contribution in [0.25, 0.3) is 0 Å². The van der Waals surface area contributed by atoms with E-state index < -0.39 is 0 Å². The van der Waals surface area contributed by atoms with Gasteiger partial charge in [-0.15, -0.1) is 0 Å². The first-order chi connectivity index (χ1) is 9.56. The van der Waals surface area contributed by atoms with Crippen LogP contribution in [-0.4, -0.2) is 15.0 Å². The van der Waals surface area contributed by atoms with Gasteiger partial charge in [0.1, 0.15) is 16.5 Å². The lowest BCUT2D eigenvalue weighted by Crippen LogP contribution is -2.12. The standard InChI is InChI=1S/C15H18N4S/c1-10(2)12-5-3-11(4-6-12)7-18-14-9-17-13(8-19-14)15(16)20/h3-6,8-10H,7H2,1-2H3,(H2,16,20)(H,18,19). The normalized spacial score (nSPS) is 10.6. The van der Waals surface area contributed by atoms with Crippen LogP contribution in [-0.2, 0) is 6.54 Å². The molecule has 0 saturated heterocycles. The molecule has 1 aromatic heterocycles. The number of nitrogens with zero attached hydrogens (tertiary/aromatic N) is 2. The molecule has 0 aliphatic carbocycles. The van der Waals surface area contributed by atoms with E-state index in [9.17, 15) is 0 Å². The molecular formula is C15H18N4S. The van der Waals surface area contributed by atoms with Crippen LogP contribution in [0.5, 0.6) is 0 Å². The Labute approximate surface area is 124 Å². The zero-order chi connectivity index (χ0) is 14.5. The number of aromatic nitrogens is 2. The van der Waals surface area contributed by atoms with Gasteiger partial charge in [-0.3, -0.25) is 0 Å². The van der Waals surface area contributed by atoms with Gasteiger partial charge in [0.05, 0.1) is 12.4 Å². The fraction of sp³-hybridized carbons (Fsp3) is 0.267. The molecule has 0 atom stereocenters. The average Bonchev–Trinajstić information content (AvgIpc) is 2.46. The number of anilines is 1. The maximum atomic E-state index is 5.48. The van der Waals surface area contributed by atoms with Gasteiger partial charge < -0.3 is 11.1 Å². The van der Waals surface area contributed by atoms with Gasteiger partial charge in [0.15, 0.2) is 0 Å². The van der Waals surface area contributed by atoms with Crippen molar-refractivity contribution in [1.82, 2.24) is 9.97 Å². The lowest BCUT2D eigenvalue weighted by atomic mass is 10.0. The van der Waals surface area contributed by atoms with Gasteiger partial charge in [0, 0.05) is 6.54 Å². The monoisotopic (exact) mass is 286 g/mol. The molecule has 0 saturated carbocycles. The maximum Gasteiger partial charge on any atom is 0.144 e. The average molecular weight is 286 g/mol. The van der Waals surface area contributed by atoms with Crippen LogP contribution >= 0.6 is 12.2 Å². The third-order valence-corrected chi connectivity index (χ3v) is 3.23. The predicted octanol–water partition coefficient (Wildman–Crippen LogP) is 2.85. The molecule has 0 aliphatic heterocycles. The minimum atomic E-state index is 0.258. The zero-order valence-corrected chi connectivity index (χ0v) is 12.4. The number of nitrogens with one attached hydrogen (secondary N) is 1. The summed E-state index contributed by atoms with van der Waals surface area (Å²) in [4.78, 5) is 8.61. The molecule has 0 bridgehead atoms. The molecule has 104 valence electrons. The molecule has 0 fully saturated rings. The molecule has 1 aromatic carbocycles. The van der Waals surface area contributed by atoms with Crippen molar-refractivity contribution in [3.05, 3.63) is 53.5 Å². The third kappa shape index (κ3) is 3.74. The summed E-state index contributed by atoms with van der Waals surface area (Å²) in [7, 11) is 0. The summed E-state index contributed by atoms with van der Waals surface area (Å²) in [6.07, 6.45) is 3.21. The van der Waals surface area contributed by atoms with Crippen LogP contribution in [0.2, 0.25) is 0 Å². The van der Waals surface area contributed by atoms with Gasteiger partial charge in [0.25, 0.3) is 0 Å². The fourth-order valence-corrected chi connectivity index (χ4v) is 1.86. The minimum absolute atomic E-state index is 0.258. The topological polar surface area (TPSA) is 63.8 Å². The largest absolute Gasteiger partial charge is 0.388 e. The Balaban J connectivity index is 1.96. The summed E-state index contributed by atoms with van der Waals surface area (Å²) in [6.45, 7) is 5.08.